The molecule has 1 heterocycles. The number of ether oxygens (including phenoxy) is 1. The van der Waals surface area contributed by atoms with Gasteiger partial charge in [-0.3, -0.25) is 4.79 Å². The summed E-state index contributed by atoms with van der Waals surface area (Å²) in [4.78, 5) is 20.4. The maximum atomic E-state index is 12.5. The SMILES string of the molecule is CC(C)Oc1cccc(C(=O)Nc2cccc(C#Cc3cnc(N)nc3)c2)c1. The molecule has 0 fully saturated rings. The van der Waals surface area contributed by atoms with Gasteiger partial charge in [-0.2, -0.15) is 0 Å². The number of nitrogens with zero attached hydrogens (tertiary/aromatic N) is 2. The van der Waals surface area contributed by atoms with Gasteiger partial charge < -0.3 is 15.8 Å². The predicted octanol–water partition coefficient (Wildman–Crippen LogP) is 3.50. The third-order valence-corrected chi connectivity index (χ3v) is 3.61. The van der Waals surface area contributed by atoms with Crippen molar-refractivity contribution in [2.75, 3.05) is 11.1 Å². The molecule has 0 bridgehead atoms. The van der Waals surface area contributed by atoms with Crippen LogP contribution in [0.1, 0.15) is 35.3 Å². The fourth-order valence-corrected chi connectivity index (χ4v) is 2.41. The molecule has 0 unspecified atom stereocenters. The van der Waals surface area contributed by atoms with E-state index in [0.717, 1.165) is 5.56 Å². The molecule has 0 spiro atoms. The molecule has 2 aromatic carbocycles. The largest absolute Gasteiger partial charge is 0.491 e. The summed E-state index contributed by atoms with van der Waals surface area (Å²) >= 11 is 0. The molecule has 3 aromatic rings. The molecule has 140 valence electrons. The maximum Gasteiger partial charge on any atom is 0.255 e. The van der Waals surface area contributed by atoms with Gasteiger partial charge in [-0.25, -0.2) is 9.97 Å². The summed E-state index contributed by atoms with van der Waals surface area (Å²) in [7, 11) is 0. The number of nitrogens with two attached hydrogens (primary N) is 1. The Morgan fingerprint density at radius 3 is 2.50 bits per heavy atom. The summed E-state index contributed by atoms with van der Waals surface area (Å²) in [5.41, 5.74) is 8.05. The highest BCUT2D eigenvalue weighted by molar-refractivity contribution is 6.04. The van der Waals surface area contributed by atoms with Gasteiger partial charge in [0.2, 0.25) is 5.95 Å². The molecule has 6 heteroatoms. The average Bonchev–Trinajstić information content (AvgIpc) is 2.67. The number of hydrogen-bond donors (Lipinski definition) is 2. The molecule has 3 rings (SSSR count). The minimum Gasteiger partial charge on any atom is -0.491 e. The van der Waals surface area contributed by atoms with Crippen molar-refractivity contribution in [2.45, 2.75) is 20.0 Å². The van der Waals surface area contributed by atoms with E-state index in [9.17, 15) is 4.79 Å². The van der Waals surface area contributed by atoms with Crippen LogP contribution < -0.4 is 15.8 Å². The van der Waals surface area contributed by atoms with Crippen LogP contribution in [-0.4, -0.2) is 22.0 Å². The number of hydrogen-bond acceptors (Lipinski definition) is 5. The second-order valence-corrected chi connectivity index (χ2v) is 6.31. The molecule has 1 amide bonds. The molecule has 0 atom stereocenters. The molecule has 0 aliphatic heterocycles. The third-order valence-electron chi connectivity index (χ3n) is 3.61. The Kier molecular flexibility index (Phi) is 5.87. The van der Waals surface area contributed by atoms with Gasteiger partial charge in [-0.05, 0) is 50.2 Å². The van der Waals surface area contributed by atoms with Crippen molar-refractivity contribution in [3.05, 3.63) is 77.6 Å². The van der Waals surface area contributed by atoms with Crippen molar-refractivity contribution in [1.82, 2.24) is 9.97 Å². The lowest BCUT2D eigenvalue weighted by atomic mass is 10.1. The van der Waals surface area contributed by atoms with Gasteiger partial charge in [0.15, 0.2) is 0 Å². The lowest BCUT2D eigenvalue weighted by Crippen LogP contribution is -2.12. The zero-order chi connectivity index (χ0) is 19.9. The van der Waals surface area contributed by atoms with E-state index in [-0.39, 0.29) is 18.0 Å². The van der Waals surface area contributed by atoms with E-state index >= 15 is 0 Å². The normalized spacial score (nSPS) is 10.1. The van der Waals surface area contributed by atoms with Crippen LogP contribution in [0.5, 0.6) is 5.75 Å². The van der Waals surface area contributed by atoms with E-state index in [1.807, 2.05) is 38.1 Å². The van der Waals surface area contributed by atoms with Crippen molar-refractivity contribution in [2.24, 2.45) is 0 Å². The lowest BCUT2D eigenvalue weighted by molar-refractivity contribution is 0.102. The highest BCUT2D eigenvalue weighted by atomic mass is 16.5. The van der Waals surface area contributed by atoms with Crippen molar-refractivity contribution >= 4 is 17.5 Å². The molecular formula is C22H20N4O2. The first kappa shape index (κ1) is 18.9. The fraction of sp³-hybridized carbons (Fsp3) is 0.136. The van der Waals surface area contributed by atoms with Crippen LogP contribution in [0.15, 0.2) is 60.9 Å². The van der Waals surface area contributed by atoms with Crippen molar-refractivity contribution in [3.8, 4) is 17.6 Å². The molecular weight excluding hydrogens is 352 g/mol. The zero-order valence-corrected chi connectivity index (χ0v) is 15.6. The second-order valence-electron chi connectivity index (χ2n) is 6.31. The number of nitrogens with one attached hydrogen (secondary N) is 1. The first-order valence-electron chi connectivity index (χ1n) is 8.77. The van der Waals surface area contributed by atoms with E-state index in [4.69, 9.17) is 10.5 Å². The molecule has 1 aromatic heterocycles. The first-order chi connectivity index (χ1) is 13.5. The van der Waals surface area contributed by atoms with Crippen LogP contribution in [-0.2, 0) is 0 Å². The molecule has 0 radical (unpaired) electrons. The summed E-state index contributed by atoms with van der Waals surface area (Å²) in [5, 5.41) is 2.88. The molecule has 0 aliphatic rings. The highest BCUT2D eigenvalue weighted by Crippen LogP contribution is 2.17. The van der Waals surface area contributed by atoms with Gasteiger partial charge in [0.25, 0.3) is 5.91 Å². The van der Waals surface area contributed by atoms with E-state index in [2.05, 4.69) is 27.1 Å². The Bertz CT molecular complexity index is 1030. The highest BCUT2D eigenvalue weighted by Gasteiger charge is 2.08. The molecule has 0 aliphatic carbocycles. The second kappa shape index (κ2) is 8.69. The smallest absolute Gasteiger partial charge is 0.255 e. The molecule has 0 saturated heterocycles. The van der Waals surface area contributed by atoms with E-state index in [0.29, 0.717) is 22.6 Å². The lowest BCUT2D eigenvalue weighted by Gasteiger charge is -2.11. The van der Waals surface area contributed by atoms with Crippen LogP contribution in [0.4, 0.5) is 11.6 Å². The summed E-state index contributed by atoms with van der Waals surface area (Å²) in [6.07, 6.45) is 3.17. The Morgan fingerprint density at radius 2 is 1.75 bits per heavy atom. The standard InChI is InChI=1S/C22H20N4O2/c1-15(2)28-20-8-4-6-18(12-20)21(27)26-19-7-3-5-16(11-19)9-10-17-13-24-22(23)25-14-17/h3-8,11-15H,1-2H3,(H,26,27)(H2,23,24,25). The van der Waals surface area contributed by atoms with E-state index < -0.39 is 0 Å². The number of nitrogen functional groups attached to an aromatic ring is 1. The zero-order valence-electron chi connectivity index (χ0n) is 15.6. The van der Waals surface area contributed by atoms with E-state index in [1.165, 1.54) is 0 Å². The molecule has 3 N–H and O–H groups in total. The maximum absolute atomic E-state index is 12.5. The number of amides is 1. The Balaban J connectivity index is 1.72. The monoisotopic (exact) mass is 372 g/mol. The number of aromatic nitrogens is 2. The Labute approximate surface area is 163 Å². The van der Waals surface area contributed by atoms with Gasteiger partial charge in [0.05, 0.1) is 11.7 Å². The predicted molar refractivity (Wildman–Crippen MR) is 109 cm³/mol. The number of carbonyl (C=O) groups excluding carboxylic acids is 1. The summed E-state index contributed by atoms with van der Waals surface area (Å²) in [5.74, 6) is 6.64. The van der Waals surface area contributed by atoms with Crippen LogP contribution >= 0.6 is 0 Å². The Hall–Kier alpha value is -3.85. The fourth-order valence-electron chi connectivity index (χ4n) is 2.41. The Morgan fingerprint density at radius 1 is 1.04 bits per heavy atom. The van der Waals surface area contributed by atoms with Gasteiger partial charge >= 0.3 is 0 Å². The van der Waals surface area contributed by atoms with Gasteiger partial charge in [-0.15, -0.1) is 0 Å². The minimum atomic E-state index is -0.216. The molecule has 6 nitrogen and oxygen atoms in total. The molecule has 28 heavy (non-hydrogen) atoms. The van der Waals surface area contributed by atoms with Crippen molar-refractivity contribution < 1.29 is 9.53 Å². The first-order valence-corrected chi connectivity index (χ1v) is 8.77. The number of anilines is 2. The third kappa shape index (κ3) is 5.32. The summed E-state index contributed by atoms with van der Waals surface area (Å²) in [6, 6.07) is 14.4. The van der Waals surface area contributed by atoms with E-state index in [1.54, 1.807) is 36.7 Å². The minimum absolute atomic E-state index is 0.0417. The number of carbonyl (C=O) groups is 1. The van der Waals surface area contributed by atoms with Crippen LogP contribution in [0.2, 0.25) is 0 Å². The molecule has 0 saturated carbocycles. The van der Waals surface area contributed by atoms with Gasteiger partial charge in [0.1, 0.15) is 5.75 Å². The van der Waals surface area contributed by atoms with Crippen molar-refractivity contribution in [1.29, 1.82) is 0 Å². The summed E-state index contributed by atoms with van der Waals surface area (Å²) < 4.78 is 5.64. The van der Waals surface area contributed by atoms with Crippen LogP contribution in [0, 0.1) is 11.8 Å². The quantitative estimate of drug-likeness (QED) is 0.684. The summed E-state index contributed by atoms with van der Waals surface area (Å²) in [6.45, 7) is 3.88. The number of benzene rings is 2. The van der Waals surface area contributed by atoms with Crippen molar-refractivity contribution in [3.63, 3.8) is 0 Å². The van der Waals surface area contributed by atoms with Gasteiger partial charge in [0, 0.05) is 29.2 Å². The van der Waals surface area contributed by atoms with Gasteiger partial charge in [-0.1, -0.05) is 24.0 Å². The topological polar surface area (TPSA) is 90.1 Å². The van der Waals surface area contributed by atoms with Crippen LogP contribution in [0.3, 0.4) is 0 Å². The number of rotatable bonds is 4. The average molecular weight is 372 g/mol. The van der Waals surface area contributed by atoms with Crippen LogP contribution in [0.25, 0.3) is 0 Å².